The van der Waals surface area contributed by atoms with Crippen LogP contribution in [0.3, 0.4) is 0 Å². The average Bonchev–Trinajstić information content (AvgIpc) is 3.57. The molecule has 0 bridgehead atoms. The zero-order valence-corrected chi connectivity index (χ0v) is 21.3. The second-order valence-electron chi connectivity index (χ2n) is 9.13. The summed E-state index contributed by atoms with van der Waals surface area (Å²) in [7, 11) is 0. The van der Waals surface area contributed by atoms with Crippen LogP contribution in [0.25, 0.3) is 33.7 Å². The number of aromatic nitrogens is 4. The number of aliphatic carboxylic acids is 1. The minimum atomic E-state index is -5.08. The van der Waals surface area contributed by atoms with Crippen LogP contribution in [0, 0.1) is 0 Å². The number of oxazole rings is 1. The molecule has 1 aliphatic heterocycles. The second kappa shape index (κ2) is 12.2. The quantitative estimate of drug-likeness (QED) is 0.233. The van der Waals surface area contributed by atoms with Crippen molar-refractivity contribution in [2.45, 2.75) is 44.8 Å². The van der Waals surface area contributed by atoms with Crippen LogP contribution < -0.4 is 16.4 Å². The van der Waals surface area contributed by atoms with E-state index in [9.17, 15) is 13.2 Å². The molecule has 10 nitrogen and oxygen atoms in total. The van der Waals surface area contributed by atoms with E-state index in [0.29, 0.717) is 23.3 Å². The molecule has 4 aromatic rings. The first-order chi connectivity index (χ1) is 18.7. The Morgan fingerprint density at radius 3 is 2.67 bits per heavy atom. The summed E-state index contributed by atoms with van der Waals surface area (Å²) < 4.78 is 39.8. The molecule has 0 radical (unpaired) electrons. The lowest BCUT2D eigenvalue weighted by molar-refractivity contribution is -0.192. The van der Waals surface area contributed by atoms with Crippen molar-refractivity contribution in [1.29, 1.82) is 0 Å². The Morgan fingerprint density at radius 1 is 1.23 bits per heavy atom. The van der Waals surface area contributed by atoms with Gasteiger partial charge in [-0.1, -0.05) is 13.3 Å². The third-order valence-electron chi connectivity index (χ3n) is 6.26. The largest absolute Gasteiger partial charge is 0.490 e. The average molecular weight is 546 g/mol. The third kappa shape index (κ3) is 7.05. The van der Waals surface area contributed by atoms with Crippen molar-refractivity contribution in [2.24, 2.45) is 0 Å². The number of nitrogens with two attached hydrogens (primary N) is 1. The van der Waals surface area contributed by atoms with Crippen molar-refractivity contribution in [3.8, 4) is 22.6 Å². The fourth-order valence-corrected chi connectivity index (χ4v) is 4.12. The zero-order chi connectivity index (χ0) is 28.0. The highest BCUT2D eigenvalue weighted by Crippen LogP contribution is 2.32. The fraction of sp³-hybridized carbons (Fsp3) is 0.385. The standard InChI is InChI=1S/C24H29N7O.C2HF3O2/c1-2-3-8-27-18-4-5-22-21(12-18)30-24(32-22)20-11-16(13-28-23(20)25)17-14-29-31(15-17)19-6-9-26-10-7-19;3-2(4,5)1(6)7/h4-5,11-15,19,26-27H,2-3,6-10H2,1H3,(H2,25,28);(H,6,7). The number of nitrogen functional groups attached to an aromatic ring is 1. The van der Waals surface area contributed by atoms with Crippen LogP contribution in [0.5, 0.6) is 0 Å². The number of hydrogen-bond acceptors (Lipinski definition) is 8. The van der Waals surface area contributed by atoms with Crippen LogP contribution in [0.2, 0.25) is 0 Å². The van der Waals surface area contributed by atoms with Crippen LogP contribution in [-0.4, -0.2) is 56.6 Å². The van der Waals surface area contributed by atoms with Crippen molar-refractivity contribution in [1.82, 2.24) is 25.1 Å². The van der Waals surface area contributed by atoms with Crippen LogP contribution >= 0.6 is 0 Å². The maximum absolute atomic E-state index is 10.6. The molecule has 1 aliphatic rings. The highest BCUT2D eigenvalue weighted by Gasteiger charge is 2.38. The summed E-state index contributed by atoms with van der Waals surface area (Å²) in [5, 5.41) is 18.5. The number of benzene rings is 1. The summed E-state index contributed by atoms with van der Waals surface area (Å²) in [5.74, 6) is -1.89. The van der Waals surface area contributed by atoms with Crippen LogP contribution in [0.1, 0.15) is 38.6 Å². The van der Waals surface area contributed by atoms with Gasteiger partial charge in [-0.2, -0.15) is 18.3 Å². The molecule has 0 spiro atoms. The summed E-state index contributed by atoms with van der Waals surface area (Å²) in [6, 6.07) is 8.38. The number of unbranched alkanes of at least 4 members (excludes halogenated alkanes) is 1. The Hall–Kier alpha value is -4.13. The molecule has 0 atom stereocenters. The van der Waals surface area contributed by atoms with E-state index in [2.05, 4.69) is 38.5 Å². The van der Waals surface area contributed by atoms with Gasteiger partial charge in [0.15, 0.2) is 5.58 Å². The van der Waals surface area contributed by atoms with Gasteiger partial charge in [-0.05, 0) is 56.6 Å². The van der Waals surface area contributed by atoms with Gasteiger partial charge < -0.3 is 25.9 Å². The molecular formula is C26H30F3N7O3. The molecule has 5 N–H and O–H groups in total. The molecule has 1 fully saturated rings. The molecule has 0 saturated carbocycles. The Kier molecular flexibility index (Phi) is 8.69. The molecule has 3 aromatic heterocycles. The monoisotopic (exact) mass is 545 g/mol. The first-order valence-electron chi connectivity index (χ1n) is 12.6. The van der Waals surface area contributed by atoms with E-state index in [1.807, 2.05) is 30.5 Å². The highest BCUT2D eigenvalue weighted by atomic mass is 19.4. The fourth-order valence-electron chi connectivity index (χ4n) is 4.12. The summed E-state index contributed by atoms with van der Waals surface area (Å²) in [6.07, 6.45) is 5.14. The minimum absolute atomic E-state index is 0.396. The van der Waals surface area contributed by atoms with E-state index >= 15 is 0 Å². The SMILES string of the molecule is CCCCNc1ccc2oc(-c3cc(-c4cnn(C5CCNCC5)c4)cnc3N)nc2c1.O=C(O)C(F)(F)F. The Bertz CT molecular complexity index is 1410. The number of carboxylic acids is 1. The van der Waals surface area contributed by atoms with Gasteiger partial charge >= 0.3 is 12.1 Å². The summed E-state index contributed by atoms with van der Waals surface area (Å²) in [6.45, 7) is 5.18. The first-order valence-corrected chi connectivity index (χ1v) is 12.6. The first kappa shape index (κ1) is 27.9. The highest BCUT2D eigenvalue weighted by molar-refractivity contribution is 5.83. The molecule has 0 amide bonds. The van der Waals surface area contributed by atoms with Gasteiger partial charge in [0.05, 0.1) is 17.8 Å². The predicted octanol–water partition coefficient (Wildman–Crippen LogP) is 5.11. The molecule has 1 saturated heterocycles. The number of nitrogens with one attached hydrogen (secondary N) is 2. The molecule has 0 unspecified atom stereocenters. The molecule has 0 aliphatic carbocycles. The zero-order valence-electron chi connectivity index (χ0n) is 21.3. The molecule has 5 rings (SSSR count). The number of carbonyl (C=O) groups is 1. The number of hydrogen-bond donors (Lipinski definition) is 4. The molecule has 4 heterocycles. The van der Waals surface area contributed by atoms with E-state index < -0.39 is 12.1 Å². The number of carboxylic acid groups (broad SMARTS) is 1. The van der Waals surface area contributed by atoms with E-state index in [1.165, 1.54) is 0 Å². The number of piperidine rings is 1. The number of anilines is 2. The summed E-state index contributed by atoms with van der Waals surface area (Å²) in [5.41, 5.74) is 11.4. The van der Waals surface area contributed by atoms with Gasteiger partial charge in [0.2, 0.25) is 5.89 Å². The van der Waals surface area contributed by atoms with E-state index in [1.54, 1.807) is 6.20 Å². The summed E-state index contributed by atoms with van der Waals surface area (Å²) in [4.78, 5) is 18.0. The lowest BCUT2D eigenvalue weighted by Gasteiger charge is -2.22. The maximum Gasteiger partial charge on any atom is 0.490 e. The van der Waals surface area contributed by atoms with Crippen LogP contribution in [-0.2, 0) is 4.79 Å². The number of nitrogens with zero attached hydrogens (tertiary/aromatic N) is 4. The second-order valence-corrected chi connectivity index (χ2v) is 9.13. The van der Waals surface area contributed by atoms with Crippen LogP contribution in [0.15, 0.2) is 47.3 Å². The van der Waals surface area contributed by atoms with Crippen molar-refractivity contribution in [2.75, 3.05) is 30.7 Å². The smallest absolute Gasteiger partial charge is 0.475 e. The predicted molar refractivity (Wildman–Crippen MR) is 141 cm³/mol. The Balaban J connectivity index is 0.000000448. The molecule has 13 heteroatoms. The normalized spacial score (nSPS) is 14.2. The van der Waals surface area contributed by atoms with E-state index in [-0.39, 0.29) is 0 Å². The van der Waals surface area contributed by atoms with Gasteiger partial charge in [-0.25, -0.2) is 14.8 Å². The Morgan fingerprint density at radius 2 is 1.97 bits per heavy atom. The number of pyridine rings is 1. The van der Waals surface area contributed by atoms with Crippen molar-refractivity contribution in [3.05, 3.63) is 42.9 Å². The summed E-state index contributed by atoms with van der Waals surface area (Å²) >= 11 is 0. The van der Waals surface area contributed by atoms with Gasteiger partial charge in [-0.3, -0.25) is 4.68 Å². The lowest BCUT2D eigenvalue weighted by atomic mass is 10.1. The maximum atomic E-state index is 10.6. The van der Waals surface area contributed by atoms with Gasteiger partial charge in [0.1, 0.15) is 11.3 Å². The number of fused-ring (bicyclic) bond motifs is 1. The third-order valence-corrected chi connectivity index (χ3v) is 6.26. The number of alkyl halides is 3. The lowest BCUT2D eigenvalue weighted by Crippen LogP contribution is -2.29. The minimum Gasteiger partial charge on any atom is -0.475 e. The topological polar surface area (TPSA) is 144 Å². The van der Waals surface area contributed by atoms with Crippen molar-refractivity contribution in [3.63, 3.8) is 0 Å². The molecule has 39 heavy (non-hydrogen) atoms. The number of rotatable bonds is 7. The molecule has 1 aromatic carbocycles. The van der Waals surface area contributed by atoms with Crippen molar-refractivity contribution >= 4 is 28.6 Å². The number of halogens is 3. The van der Waals surface area contributed by atoms with Gasteiger partial charge in [0, 0.05) is 35.8 Å². The molecule has 208 valence electrons. The molecular weight excluding hydrogens is 515 g/mol. The van der Waals surface area contributed by atoms with Crippen molar-refractivity contribution < 1.29 is 27.5 Å². The van der Waals surface area contributed by atoms with Crippen LogP contribution in [0.4, 0.5) is 24.7 Å². The van der Waals surface area contributed by atoms with E-state index in [4.69, 9.17) is 25.0 Å². The van der Waals surface area contributed by atoms with Gasteiger partial charge in [-0.15, -0.1) is 0 Å². The van der Waals surface area contributed by atoms with Gasteiger partial charge in [0.25, 0.3) is 0 Å². The van der Waals surface area contributed by atoms with E-state index in [0.717, 1.165) is 73.2 Å². The Labute approximate surface area is 222 Å².